The second-order valence-corrected chi connectivity index (χ2v) is 4.16. The highest BCUT2D eigenvalue weighted by Crippen LogP contribution is 2.22. The van der Waals surface area contributed by atoms with Gasteiger partial charge in [0.2, 0.25) is 0 Å². The highest BCUT2D eigenvalue weighted by Gasteiger charge is 2.04. The van der Waals surface area contributed by atoms with E-state index in [1.807, 2.05) is 19.2 Å². The third-order valence-electron chi connectivity index (χ3n) is 2.31. The minimum absolute atomic E-state index is 0.923. The van der Waals surface area contributed by atoms with Gasteiger partial charge in [-0.05, 0) is 29.0 Å². The van der Waals surface area contributed by atoms with Crippen LogP contribution < -0.4 is 5.32 Å². The Labute approximate surface area is 97.1 Å². The number of nitrogens with zero attached hydrogens (tertiary/aromatic N) is 2. The molecule has 0 fully saturated rings. The van der Waals surface area contributed by atoms with Crippen molar-refractivity contribution < 1.29 is 0 Å². The van der Waals surface area contributed by atoms with E-state index in [0.29, 0.717) is 0 Å². The lowest BCUT2D eigenvalue weighted by atomic mass is 10.1. The molecular weight excluding hydrogens is 254 g/mol. The van der Waals surface area contributed by atoms with Crippen LogP contribution in [0.25, 0.3) is 10.9 Å². The summed E-state index contributed by atoms with van der Waals surface area (Å²) in [5.74, 6) is 0. The van der Waals surface area contributed by atoms with E-state index < -0.39 is 0 Å². The number of rotatable bonds is 3. The molecule has 0 aliphatic rings. The van der Waals surface area contributed by atoms with E-state index in [0.717, 1.165) is 34.0 Å². The largest absolute Gasteiger partial charge is 0.319 e. The molecule has 2 aromatic rings. The Kier molecular flexibility index (Phi) is 3.28. The minimum atomic E-state index is 0.923. The molecule has 0 radical (unpaired) electrons. The third kappa shape index (κ3) is 2.16. The Balaban J connectivity index is 2.51. The zero-order chi connectivity index (χ0) is 10.7. The van der Waals surface area contributed by atoms with E-state index in [9.17, 15) is 0 Å². The summed E-state index contributed by atoms with van der Waals surface area (Å²) >= 11 is 3.49. The molecule has 15 heavy (non-hydrogen) atoms. The van der Waals surface area contributed by atoms with Crippen molar-refractivity contribution in [2.75, 3.05) is 13.6 Å². The van der Waals surface area contributed by atoms with Gasteiger partial charge in [-0.3, -0.25) is 0 Å². The van der Waals surface area contributed by atoms with E-state index in [1.165, 1.54) is 0 Å². The molecule has 0 amide bonds. The fourth-order valence-electron chi connectivity index (χ4n) is 1.55. The Morgan fingerprint density at radius 2 is 2.20 bits per heavy atom. The number of nitrogens with one attached hydrogen (secondary N) is 1. The molecule has 0 aliphatic carbocycles. The summed E-state index contributed by atoms with van der Waals surface area (Å²) in [7, 11) is 1.94. The van der Waals surface area contributed by atoms with Crippen molar-refractivity contribution in [1.82, 2.24) is 15.3 Å². The molecule has 1 heterocycles. The molecule has 1 aromatic carbocycles. The molecule has 1 aromatic heterocycles. The third-order valence-corrected chi connectivity index (χ3v) is 2.95. The predicted octanol–water partition coefficient (Wildman–Crippen LogP) is 2.15. The van der Waals surface area contributed by atoms with Crippen LogP contribution in [0.1, 0.15) is 5.69 Å². The lowest BCUT2D eigenvalue weighted by molar-refractivity contribution is 0.779. The van der Waals surface area contributed by atoms with Crippen molar-refractivity contribution in [3.63, 3.8) is 0 Å². The van der Waals surface area contributed by atoms with Crippen LogP contribution in [0.4, 0.5) is 0 Å². The molecule has 1 N–H and O–H groups in total. The van der Waals surface area contributed by atoms with E-state index in [-0.39, 0.29) is 0 Å². The predicted molar refractivity (Wildman–Crippen MR) is 64.9 cm³/mol. The van der Waals surface area contributed by atoms with E-state index >= 15 is 0 Å². The number of hydrogen-bond donors (Lipinski definition) is 1. The number of aromatic nitrogens is 2. The Morgan fingerprint density at radius 3 is 3.00 bits per heavy atom. The highest BCUT2D eigenvalue weighted by atomic mass is 79.9. The minimum Gasteiger partial charge on any atom is -0.319 e. The van der Waals surface area contributed by atoms with Crippen molar-refractivity contribution in [3.8, 4) is 0 Å². The van der Waals surface area contributed by atoms with E-state index in [1.54, 1.807) is 6.33 Å². The van der Waals surface area contributed by atoms with Gasteiger partial charge in [0.15, 0.2) is 0 Å². The van der Waals surface area contributed by atoms with Crippen LogP contribution in [-0.2, 0) is 6.42 Å². The molecule has 0 bridgehead atoms. The second kappa shape index (κ2) is 4.68. The van der Waals surface area contributed by atoms with E-state index in [4.69, 9.17) is 0 Å². The van der Waals surface area contributed by atoms with Gasteiger partial charge in [0, 0.05) is 22.8 Å². The zero-order valence-corrected chi connectivity index (χ0v) is 10.1. The Bertz CT molecular complexity index is 470. The van der Waals surface area contributed by atoms with Gasteiger partial charge in [0.25, 0.3) is 0 Å². The van der Waals surface area contributed by atoms with Crippen molar-refractivity contribution in [3.05, 3.63) is 34.7 Å². The maximum atomic E-state index is 4.31. The van der Waals surface area contributed by atoms with Gasteiger partial charge >= 0.3 is 0 Å². The average molecular weight is 266 g/mol. The van der Waals surface area contributed by atoms with Crippen LogP contribution in [0.15, 0.2) is 29.0 Å². The average Bonchev–Trinajstić information content (AvgIpc) is 2.27. The number of fused-ring (bicyclic) bond motifs is 1. The topological polar surface area (TPSA) is 37.8 Å². The normalized spacial score (nSPS) is 10.8. The number of hydrogen-bond acceptors (Lipinski definition) is 3. The monoisotopic (exact) mass is 265 g/mol. The first-order valence-corrected chi connectivity index (χ1v) is 5.65. The van der Waals surface area contributed by atoms with E-state index in [2.05, 4.69) is 37.3 Å². The zero-order valence-electron chi connectivity index (χ0n) is 8.50. The first-order valence-electron chi connectivity index (χ1n) is 4.85. The first-order chi connectivity index (χ1) is 7.33. The van der Waals surface area contributed by atoms with Gasteiger partial charge in [-0.25, -0.2) is 9.97 Å². The Morgan fingerprint density at radius 1 is 1.33 bits per heavy atom. The van der Waals surface area contributed by atoms with Crippen LogP contribution in [-0.4, -0.2) is 23.6 Å². The first kappa shape index (κ1) is 10.5. The molecule has 0 saturated heterocycles. The summed E-state index contributed by atoms with van der Waals surface area (Å²) in [6.45, 7) is 0.929. The molecular formula is C11H12BrN3. The number of para-hydroxylation sites is 1. The lowest BCUT2D eigenvalue weighted by Gasteiger charge is -2.05. The quantitative estimate of drug-likeness (QED) is 0.925. The molecule has 0 saturated carbocycles. The second-order valence-electron chi connectivity index (χ2n) is 3.31. The molecule has 3 nitrogen and oxygen atoms in total. The Hall–Kier alpha value is -1.00. The van der Waals surface area contributed by atoms with Crippen molar-refractivity contribution in [2.24, 2.45) is 0 Å². The number of halogens is 1. The summed E-state index contributed by atoms with van der Waals surface area (Å²) in [6.07, 6.45) is 2.55. The maximum absolute atomic E-state index is 4.31. The fraction of sp³-hybridized carbons (Fsp3) is 0.273. The molecule has 4 heteroatoms. The van der Waals surface area contributed by atoms with Crippen molar-refractivity contribution >= 4 is 26.8 Å². The summed E-state index contributed by atoms with van der Waals surface area (Å²) in [4.78, 5) is 8.58. The highest BCUT2D eigenvalue weighted by molar-refractivity contribution is 9.10. The summed E-state index contributed by atoms with van der Waals surface area (Å²) in [5, 5.41) is 4.25. The van der Waals surface area contributed by atoms with Crippen molar-refractivity contribution in [2.45, 2.75) is 6.42 Å². The lowest BCUT2D eigenvalue weighted by Crippen LogP contribution is -2.11. The summed E-state index contributed by atoms with van der Waals surface area (Å²) in [6, 6.07) is 6.07. The molecule has 0 atom stereocenters. The molecule has 0 aliphatic heterocycles. The number of likely N-dealkylation sites (N-methyl/N-ethyl adjacent to an activating group) is 1. The maximum Gasteiger partial charge on any atom is 0.116 e. The van der Waals surface area contributed by atoms with Crippen LogP contribution >= 0.6 is 15.9 Å². The summed E-state index contributed by atoms with van der Waals surface area (Å²) < 4.78 is 1.02. The molecule has 2 rings (SSSR count). The van der Waals surface area contributed by atoms with Gasteiger partial charge in [0.1, 0.15) is 6.33 Å². The smallest absolute Gasteiger partial charge is 0.116 e. The van der Waals surface area contributed by atoms with Gasteiger partial charge in [0.05, 0.1) is 11.2 Å². The van der Waals surface area contributed by atoms with Crippen LogP contribution in [0.3, 0.4) is 0 Å². The SMILES string of the molecule is CNCCc1ncnc2c(Br)cccc12. The fourth-order valence-corrected chi connectivity index (χ4v) is 2.02. The molecule has 78 valence electrons. The van der Waals surface area contributed by atoms with Crippen LogP contribution in [0.2, 0.25) is 0 Å². The van der Waals surface area contributed by atoms with Gasteiger partial charge in [-0.15, -0.1) is 0 Å². The van der Waals surface area contributed by atoms with Crippen LogP contribution in [0, 0.1) is 0 Å². The molecule has 0 spiro atoms. The summed E-state index contributed by atoms with van der Waals surface area (Å²) in [5.41, 5.74) is 2.08. The van der Waals surface area contributed by atoms with Gasteiger partial charge < -0.3 is 5.32 Å². The van der Waals surface area contributed by atoms with Gasteiger partial charge in [-0.2, -0.15) is 0 Å². The van der Waals surface area contributed by atoms with Crippen LogP contribution in [0.5, 0.6) is 0 Å². The molecule has 0 unspecified atom stereocenters. The van der Waals surface area contributed by atoms with Crippen molar-refractivity contribution in [1.29, 1.82) is 0 Å². The number of benzene rings is 1. The van der Waals surface area contributed by atoms with Gasteiger partial charge in [-0.1, -0.05) is 12.1 Å². The standard InChI is InChI=1S/C11H12BrN3/c1-13-6-5-10-8-3-2-4-9(12)11(8)15-7-14-10/h2-4,7,13H,5-6H2,1H3.